The molecular formula is C22H23ClN4. The van der Waals surface area contributed by atoms with Gasteiger partial charge in [0.25, 0.3) is 0 Å². The van der Waals surface area contributed by atoms with Gasteiger partial charge in [0.2, 0.25) is 5.96 Å². The van der Waals surface area contributed by atoms with Crippen LogP contribution >= 0.6 is 12.4 Å². The van der Waals surface area contributed by atoms with Crippen molar-refractivity contribution in [2.45, 2.75) is 12.8 Å². The summed E-state index contributed by atoms with van der Waals surface area (Å²) in [6.45, 7) is 1.94. The van der Waals surface area contributed by atoms with Crippen LogP contribution in [0, 0.1) is 0 Å². The van der Waals surface area contributed by atoms with E-state index in [9.17, 15) is 0 Å². The summed E-state index contributed by atoms with van der Waals surface area (Å²) in [5.41, 5.74) is 8.27. The molecule has 138 valence electrons. The van der Waals surface area contributed by atoms with Gasteiger partial charge in [0.05, 0.1) is 5.69 Å². The van der Waals surface area contributed by atoms with E-state index in [4.69, 9.17) is 15.7 Å². The van der Waals surface area contributed by atoms with Crippen molar-refractivity contribution in [3.05, 3.63) is 78.4 Å². The predicted molar refractivity (Wildman–Crippen MR) is 116 cm³/mol. The lowest BCUT2D eigenvalue weighted by Crippen LogP contribution is -2.29. The number of hydrogen-bond donors (Lipinski definition) is 1. The van der Waals surface area contributed by atoms with Crippen LogP contribution in [0.3, 0.4) is 0 Å². The van der Waals surface area contributed by atoms with Crippen LogP contribution in [0.25, 0.3) is 10.8 Å². The fourth-order valence-corrected chi connectivity index (χ4v) is 3.32. The number of para-hydroxylation sites is 1. The van der Waals surface area contributed by atoms with E-state index in [1.807, 2.05) is 54.6 Å². The lowest BCUT2D eigenvalue weighted by molar-refractivity contribution is 0.514. The fraction of sp³-hybridized carbons (Fsp3) is 0.182. The Morgan fingerprint density at radius 3 is 2.26 bits per heavy atom. The Morgan fingerprint density at radius 1 is 0.815 bits per heavy atom. The van der Waals surface area contributed by atoms with E-state index in [-0.39, 0.29) is 12.4 Å². The number of aliphatic imine (C=N–C) groups is 2. The van der Waals surface area contributed by atoms with Crippen LogP contribution in [0.1, 0.15) is 18.4 Å². The zero-order valence-corrected chi connectivity index (χ0v) is 15.9. The standard InChI is InChI=1S/C22H22N4.ClH/c23-21(20-14-8-10-17-9-4-5-13-19(17)20)25-22(26-15-6-7-16-26)24-18-11-2-1-3-12-18;/h1-5,8-14H,6-7,15-16H2,(H2,23,24,25);1H. The van der Waals surface area contributed by atoms with E-state index in [0.717, 1.165) is 48.0 Å². The Labute approximate surface area is 165 Å². The summed E-state index contributed by atoms with van der Waals surface area (Å²) in [4.78, 5) is 11.7. The first kappa shape index (κ1) is 18.9. The monoisotopic (exact) mass is 378 g/mol. The van der Waals surface area contributed by atoms with Gasteiger partial charge in [-0.15, -0.1) is 12.4 Å². The Kier molecular flexibility index (Phi) is 6.09. The van der Waals surface area contributed by atoms with Gasteiger partial charge in [-0.2, -0.15) is 4.99 Å². The molecule has 1 saturated heterocycles. The number of benzene rings is 3. The maximum absolute atomic E-state index is 6.43. The zero-order valence-electron chi connectivity index (χ0n) is 15.1. The fourth-order valence-electron chi connectivity index (χ4n) is 3.32. The predicted octanol–water partition coefficient (Wildman–Crippen LogP) is 4.75. The van der Waals surface area contributed by atoms with Gasteiger partial charge in [0.1, 0.15) is 5.84 Å². The number of guanidine groups is 1. The largest absolute Gasteiger partial charge is 0.383 e. The van der Waals surface area contributed by atoms with E-state index >= 15 is 0 Å². The average Bonchev–Trinajstić information content (AvgIpc) is 3.22. The molecular weight excluding hydrogens is 356 g/mol. The quantitative estimate of drug-likeness (QED) is 0.516. The Morgan fingerprint density at radius 2 is 1.48 bits per heavy atom. The molecule has 1 aliphatic rings. The van der Waals surface area contributed by atoms with Gasteiger partial charge < -0.3 is 10.6 Å². The first-order chi connectivity index (χ1) is 12.8. The molecule has 0 atom stereocenters. The lowest BCUT2D eigenvalue weighted by atomic mass is 10.0. The van der Waals surface area contributed by atoms with Gasteiger partial charge >= 0.3 is 0 Å². The molecule has 0 amide bonds. The molecule has 0 unspecified atom stereocenters. The minimum absolute atomic E-state index is 0. The number of rotatable bonds is 2. The first-order valence-electron chi connectivity index (χ1n) is 9.02. The minimum atomic E-state index is 0. The molecule has 1 heterocycles. The smallest absolute Gasteiger partial charge is 0.227 e. The van der Waals surface area contributed by atoms with E-state index in [0.29, 0.717) is 11.8 Å². The number of amidine groups is 1. The maximum Gasteiger partial charge on any atom is 0.227 e. The Hall–Kier alpha value is -2.85. The number of nitrogens with zero attached hydrogens (tertiary/aromatic N) is 3. The van der Waals surface area contributed by atoms with Gasteiger partial charge in [0, 0.05) is 18.7 Å². The van der Waals surface area contributed by atoms with E-state index in [1.165, 1.54) is 0 Å². The second kappa shape index (κ2) is 8.69. The second-order valence-electron chi connectivity index (χ2n) is 6.47. The van der Waals surface area contributed by atoms with Crippen molar-refractivity contribution in [2.75, 3.05) is 13.1 Å². The maximum atomic E-state index is 6.43. The highest BCUT2D eigenvalue weighted by molar-refractivity contribution is 6.12. The number of nitrogens with two attached hydrogens (primary N) is 1. The van der Waals surface area contributed by atoms with Crippen LogP contribution in [0.2, 0.25) is 0 Å². The molecule has 1 fully saturated rings. The second-order valence-corrected chi connectivity index (χ2v) is 6.47. The normalized spacial score (nSPS) is 15.0. The van der Waals surface area contributed by atoms with Gasteiger partial charge in [0.15, 0.2) is 0 Å². The first-order valence-corrected chi connectivity index (χ1v) is 9.02. The van der Waals surface area contributed by atoms with Crippen molar-refractivity contribution < 1.29 is 0 Å². The number of likely N-dealkylation sites (tertiary alicyclic amines) is 1. The summed E-state index contributed by atoms with van der Waals surface area (Å²) in [7, 11) is 0. The zero-order chi connectivity index (χ0) is 17.8. The van der Waals surface area contributed by atoms with Crippen molar-refractivity contribution in [3.63, 3.8) is 0 Å². The van der Waals surface area contributed by atoms with Crippen molar-refractivity contribution in [3.8, 4) is 0 Å². The van der Waals surface area contributed by atoms with Crippen LogP contribution in [0.15, 0.2) is 82.8 Å². The van der Waals surface area contributed by atoms with E-state index in [1.54, 1.807) is 0 Å². The van der Waals surface area contributed by atoms with Gasteiger partial charge in [-0.3, -0.25) is 0 Å². The van der Waals surface area contributed by atoms with Crippen LogP contribution in [0.5, 0.6) is 0 Å². The third kappa shape index (κ3) is 4.29. The Balaban J connectivity index is 0.00000210. The van der Waals surface area contributed by atoms with Crippen LogP contribution in [-0.2, 0) is 0 Å². The summed E-state index contributed by atoms with van der Waals surface area (Å²) >= 11 is 0. The molecule has 0 bridgehead atoms. The molecule has 1 aliphatic heterocycles. The highest BCUT2D eigenvalue weighted by Gasteiger charge is 2.17. The van der Waals surface area contributed by atoms with Crippen molar-refractivity contribution in [2.24, 2.45) is 15.7 Å². The molecule has 3 aromatic rings. The number of fused-ring (bicyclic) bond motifs is 1. The van der Waals surface area contributed by atoms with Crippen molar-refractivity contribution >= 4 is 40.7 Å². The van der Waals surface area contributed by atoms with E-state index in [2.05, 4.69) is 23.1 Å². The molecule has 0 spiro atoms. The topological polar surface area (TPSA) is 54.0 Å². The van der Waals surface area contributed by atoms with Crippen LogP contribution < -0.4 is 5.73 Å². The summed E-state index contributed by atoms with van der Waals surface area (Å²) in [5, 5.41) is 2.27. The minimum Gasteiger partial charge on any atom is -0.383 e. The lowest BCUT2D eigenvalue weighted by Gasteiger charge is -2.17. The molecule has 0 aliphatic carbocycles. The van der Waals surface area contributed by atoms with Gasteiger partial charge in [-0.1, -0.05) is 60.7 Å². The summed E-state index contributed by atoms with van der Waals surface area (Å²) in [5.74, 6) is 1.20. The molecule has 3 aromatic carbocycles. The summed E-state index contributed by atoms with van der Waals surface area (Å²) in [6.07, 6.45) is 2.33. The molecule has 4 nitrogen and oxygen atoms in total. The highest BCUT2D eigenvalue weighted by atomic mass is 35.5. The molecule has 2 N–H and O–H groups in total. The molecule has 5 heteroatoms. The molecule has 0 aromatic heterocycles. The SMILES string of the molecule is Cl.NC(=NC(=Nc1ccccc1)N1CCCC1)c1cccc2ccccc12. The molecule has 0 radical (unpaired) electrons. The van der Waals surface area contributed by atoms with Crippen LogP contribution in [-0.4, -0.2) is 29.8 Å². The number of halogens is 1. The third-order valence-electron chi connectivity index (χ3n) is 4.66. The van der Waals surface area contributed by atoms with Crippen molar-refractivity contribution in [1.82, 2.24) is 4.90 Å². The molecule has 4 rings (SSSR count). The van der Waals surface area contributed by atoms with E-state index < -0.39 is 0 Å². The highest BCUT2D eigenvalue weighted by Crippen LogP contribution is 2.20. The third-order valence-corrected chi connectivity index (χ3v) is 4.66. The average molecular weight is 379 g/mol. The van der Waals surface area contributed by atoms with Crippen molar-refractivity contribution in [1.29, 1.82) is 0 Å². The Bertz CT molecular complexity index is 955. The number of hydrogen-bond acceptors (Lipinski definition) is 1. The summed E-state index contributed by atoms with van der Waals surface area (Å²) < 4.78 is 0. The molecule has 0 saturated carbocycles. The molecule has 27 heavy (non-hydrogen) atoms. The van der Waals surface area contributed by atoms with Crippen LogP contribution in [0.4, 0.5) is 5.69 Å². The van der Waals surface area contributed by atoms with Gasteiger partial charge in [-0.25, -0.2) is 4.99 Å². The van der Waals surface area contributed by atoms with Gasteiger partial charge in [-0.05, 0) is 35.7 Å². The summed E-state index contributed by atoms with van der Waals surface area (Å²) in [6, 6.07) is 24.3.